The van der Waals surface area contributed by atoms with E-state index < -0.39 is 108 Å². The molecule has 1 saturated carbocycles. The Morgan fingerprint density at radius 2 is 1.60 bits per heavy atom. The van der Waals surface area contributed by atoms with Crippen molar-refractivity contribution in [2.24, 2.45) is 17.6 Å². The van der Waals surface area contributed by atoms with E-state index in [1.54, 1.807) is 0 Å². The van der Waals surface area contributed by atoms with Crippen LogP contribution in [0.4, 0.5) is 0 Å². The number of ketones is 2. The van der Waals surface area contributed by atoms with Gasteiger partial charge < -0.3 is 41.5 Å². The molecule has 0 spiro atoms. The van der Waals surface area contributed by atoms with Gasteiger partial charge in [0.1, 0.15) is 34.2 Å². The van der Waals surface area contributed by atoms with Crippen LogP contribution in [0.1, 0.15) is 21.5 Å². The molecule has 1 amide bonds. The molecule has 0 heterocycles. The number of likely N-dealkylation sites (N-methyl/N-ethyl adjacent to an activating group) is 1. The number of aromatic hydroxyl groups is 2. The Morgan fingerprint density at radius 1 is 1.02 bits per heavy atom. The van der Waals surface area contributed by atoms with E-state index in [-0.39, 0.29) is 21.7 Å². The number of aliphatic hydroxyl groups excluding tert-OH is 3. The zero-order valence-electron chi connectivity index (χ0n) is 24.2. The average molecular weight is 695 g/mol. The highest BCUT2D eigenvalue weighted by Gasteiger charge is 2.68. The van der Waals surface area contributed by atoms with Gasteiger partial charge in [-0.1, -0.05) is 18.2 Å². The van der Waals surface area contributed by atoms with Crippen LogP contribution in [0.15, 0.2) is 58.7 Å². The van der Waals surface area contributed by atoms with E-state index in [0.717, 1.165) is 12.1 Å². The summed E-state index contributed by atoms with van der Waals surface area (Å²) in [6.07, 6.45) is -1.75. The van der Waals surface area contributed by atoms with Gasteiger partial charge in [0.05, 0.1) is 34.1 Å². The van der Waals surface area contributed by atoms with Crippen LogP contribution in [-0.2, 0) is 24.5 Å². The average Bonchev–Trinajstić information content (AvgIpc) is 2.95. The van der Waals surface area contributed by atoms with Gasteiger partial charge in [0, 0.05) is 16.5 Å². The molecule has 0 bridgehead atoms. The lowest BCUT2D eigenvalue weighted by Gasteiger charge is -2.52. The number of carboxylic acids is 1. The Labute approximate surface area is 270 Å². The third-order valence-electron chi connectivity index (χ3n) is 8.17. The number of carboxylic acid groups (broad SMARTS) is 1. The van der Waals surface area contributed by atoms with E-state index >= 15 is 0 Å². The first kappa shape index (κ1) is 35.1. The lowest BCUT2D eigenvalue weighted by Crippen LogP contribution is -2.70. The lowest BCUT2D eigenvalue weighted by atomic mass is 9.55. The van der Waals surface area contributed by atoms with Crippen molar-refractivity contribution in [3.63, 3.8) is 0 Å². The van der Waals surface area contributed by atoms with Crippen molar-refractivity contribution in [3.8, 4) is 11.5 Å². The molecule has 5 atom stereocenters. The molecule has 1 fully saturated rings. The van der Waals surface area contributed by atoms with E-state index in [4.69, 9.17) is 32.1 Å². The second-order valence-corrected chi connectivity index (χ2v) is 12.8. The lowest BCUT2D eigenvalue weighted by molar-refractivity contribution is -0.166. The van der Waals surface area contributed by atoms with Crippen molar-refractivity contribution < 1.29 is 67.9 Å². The fourth-order valence-electron chi connectivity index (χ4n) is 6.11. The third-order valence-corrected chi connectivity index (χ3v) is 9.33. The molecule has 47 heavy (non-hydrogen) atoms. The van der Waals surface area contributed by atoms with Gasteiger partial charge >= 0.3 is 5.97 Å². The van der Waals surface area contributed by atoms with Crippen LogP contribution in [0, 0.1) is 11.8 Å². The fourth-order valence-corrected chi connectivity index (χ4v) is 6.89. The molecule has 0 aromatic heterocycles. The predicted molar refractivity (Wildman–Crippen MR) is 161 cm³/mol. The molecule has 5 rings (SSSR count). The maximum Gasteiger partial charge on any atom is 0.339 e. The summed E-state index contributed by atoms with van der Waals surface area (Å²) in [6.45, 7) is 3.89. The van der Waals surface area contributed by atoms with E-state index in [9.17, 15) is 53.1 Å². The van der Waals surface area contributed by atoms with Crippen LogP contribution in [-0.4, -0.2) is 109 Å². The topological polar surface area (TPSA) is 294 Å². The monoisotopic (exact) mass is 694 g/mol. The van der Waals surface area contributed by atoms with Gasteiger partial charge in [0.15, 0.2) is 11.4 Å². The van der Waals surface area contributed by atoms with Crippen molar-refractivity contribution in [2.45, 2.75) is 22.6 Å². The van der Waals surface area contributed by atoms with Gasteiger partial charge in [0.2, 0.25) is 5.78 Å². The number of carbonyl (C=O) groups is 4. The number of rotatable bonds is 4. The number of nitrogens with zero attached hydrogens (tertiary/aromatic N) is 1. The number of carbonyl (C=O) groups excluding carboxylic acids is 3. The maximum atomic E-state index is 13.7. The normalized spacial score (nSPS) is 25.5. The minimum absolute atomic E-state index is 0.0516. The number of aromatic carboxylic acids is 1. The SMILES string of the molecule is C=C1c2c(Cl)ccc(O)c2C(O)=C2C(=O)[C@]3(O)C(O)=C(C(N)=O)C(=O)[C@@H](N(C)C)[C@H]3[C@@H](O)[C@H]12.O=C(O)c1cc(S(=O)(=O)O)ccc1O. The molecule has 250 valence electrons. The first-order valence-corrected chi connectivity index (χ1v) is 15.0. The molecule has 3 aliphatic carbocycles. The first-order chi connectivity index (χ1) is 21.6. The molecule has 0 aliphatic heterocycles. The molecule has 10 N–H and O–H groups in total. The molecule has 2 aromatic carbocycles. The number of phenols is 2. The number of hydrogen-bond acceptors (Lipinski definition) is 13. The van der Waals surface area contributed by atoms with Crippen LogP contribution in [0.3, 0.4) is 0 Å². The summed E-state index contributed by atoms with van der Waals surface area (Å²) in [6, 6.07) is 3.53. The molecule has 16 nitrogen and oxygen atoms in total. The maximum absolute atomic E-state index is 13.7. The Morgan fingerprint density at radius 3 is 2.11 bits per heavy atom. The third kappa shape index (κ3) is 5.32. The molecule has 18 heteroatoms. The summed E-state index contributed by atoms with van der Waals surface area (Å²) in [4.78, 5) is 49.8. The number of nitrogens with two attached hydrogens (primary N) is 1. The highest BCUT2D eigenvalue weighted by atomic mass is 35.5. The second kappa shape index (κ2) is 11.8. The minimum atomic E-state index is -4.45. The Balaban J connectivity index is 0.000000300. The van der Waals surface area contributed by atoms with Crippen molar-refractivity contribution in [2.75, 3.05) is 14.1 Å². The number of primary amides is 1. The Bertz CT molecular complexity index is 1970. The van der Waals surface area contributed by atoms with E-state index in [1.807, 2.05) is 0 Å². The molecule has 0 radical (unpaired) electrons. The van der Waals surface area contributed by atoms with E-state index in [1.165, 1.54) is 31.1 Å². The van der Waals surface area contributed by atoms with Gasteiger partial charge in [-0.15, -0.1) is 0 Å². The molecular formula is C29H27ClN2O14S. The van der Waals surface area contributed by atoms with Crippen molar-refractivity contribution in [1.29, 1.82) is 0 Å². The van der Waals surface area contributed by atoms with Crippen LogP contribution in [0.5, 0.6) is 11.5 Å². The minimum Gasteiger partial charge on any atom is -0.508 e. The highest BCUT2D eigenvalue weighted by molar-refractivity contribution is 7.85. The Kier molecular flexibility index (Phi) is 8.80. The summed E-state index contributed by atoms with van der Waals surface area (Å²) in [5.74, 6) is -11.2. The standard InChI is InChI=1S/C22H21ClN2O8.C7H6O6S/c1-6-9-7(23)4-5-8(26)11(9)16(27)12-10(6)17(28)14-15(25(2)3)18(29)13(21(24)32)20(31)22(14,33)19(12)30;8-6-2-1-4(14(11,12)13)3-5(6)7(9)10/h4-5,10,14-15,17,26-28,31,33H,1H2,2-3H3,(H2,24,32);1-3,8H,(H,9,10)(H,11,12,13)/t10-,14+,15+,17+,22+;/m1./s1. The highest BCUT2D eigenvalue weighted by Crippen LogP contribution is 2.56. The number of aliphatic hydroxyl groups is 4. The van der Waals surface area contributed by atoms with Gasteiger partial charge in [-0.05, 0) is 50.0 Å². The number of benzene rings is 2. The Hall–Kier alpha value is -4.78. The van der Waals surface area contributed by atoms with Gasteiger partial charge in [-0.25, -0.2) is 4.79 Å². The van der Waals surface area contributed by atoms with Crippen molar-refractivity contribution in [1.82, 2.24) is 4.90 Å². The summed E-state index contributed by atoms with van der Waals surface area (Å²) < 4.78 is 29.8. The van der Waals surface area contributed by atoms with Crippen LogP contribution < -0.4 is 5.73 Å². The van der Waals surface area contributed by atoms with E-state index in [0.29, 0.717) is 6.07 Å². The number of Topliss-reactive ketones (excluding diaryl/α,β-unsaturated/α-hetero) is 2. The summed E-state index contributed by atoms with van der Waals surface area (Å²) in [5, 5.41) is 72.5. The molecule has 2 aromatic rings. The van der Waals surface area contributed by atoms with Crippen LogP contribution in [0.25, 0.3) is 11.3 Å². The summed E-state index contributed by atoms with van der Waals surface area (Å²) in [5.41, 5.74) is 0.0510. The largest absolute Gasteiger partial charge is 0.508 e. The zero-order valence-corrected chi connectivity index (χ0v) is 25.8. The van der Waals surface area contributed by atoms with Crippen molar-refractivity contribution >= 4 is 56.5 Å². The number of hydrogen-bond donors (Lipinski definition) is 9. The van der Waals surface area contributed by atoms with E-state index in [2.05, 4.69) is 6.58 Å². The van der Waals surface area contributed by atoms with Gasteiger partial charge in [-0.3, -0.25) is 23.8 Å². The van der Waals surface area contributed by atoms with Crippen LogP contribution in [0.2, 0.25) is 5.02 Å². The van der Waals surface area contributed by atoms with Gasteiger partial charge in [-0.2, -0.15) is 8.42 Å². The molecule has 3 aliphatic rings. The number of amides is 1. The fraction of sp³-hybridized carbons (Fsp3) is 0.241. The van der Waals surface area contributed by atoms with Gasteiger partial charge in [0.25, 0.3) is 16.0 Å². The number of phenolic OH excluding ortho intramolecular Hbond substituents is 1. The first-order valence-electron chi connectivity index (χ1n) is 13.2. The zero-order chi connectivity index (χ0) is 35.7. The molecule has 0 saturated heterocycles. The number of fused-ring (bicyclic) bond motifs is 3. The van der Waals surface area contributed by atoms with Crippen molar-refractivity contribution in [3.05, 3.63) is 75.5 Å². The van der Waals surface area contributed by atoms with Crippen LogP contribution >= 0.6 is 11.6 Å². The quantitative estimate of drug-likeness (QED) is 0.155. The second-order valence-electron chi connectivity index (χ2n) is 11.0. The summed E-state index contributed by atoms with van der Waals surface area (Å²) >= 11 is 6.25. The summed E-state index contributed by atoms with van der Waals surface area (Å²) in [7, 11) is -1.61. The smallest absolute Gasteiger partial charge is 0.339 e. The predicted octanol–water partition coefficient (Wildman–Crippen LogP) is 0.396. The molecular weight excluding hydrogens is 668 g/mol. The number of halogens is 1. The molecule has 0 unspecified atom stereocenters.